The van der Waals surface area contributed by atoms with E-state index in [2.05, 4.69) is 32.2 Å². The Morgan fingerprint density at radius 2 is 2.06 bits per heavy atom. The van der Waals surface area contributed by atoms with Crippen LogP contribution in [0.4, 0.5) is 10.5 Å². The van der Waals surface area contributed by atoms with Crippen molar-refractivity contribution in [2.24, 2.45) is 5.73 Å². The number of anilines is 1. The van der Waals surface area contributed by atoms with E-state index < -0.39 is 0 Å². The predicted molar refractivity (Wildman–Crippen MR) is 73.9 cm³/mol. The molecule has 1 saturated heterocycles. The summed E-state index contributed by atoms with van der Waals surface area (Å²) in [6, 6.07) is 8.05. The molecule has 0 aromatic heterocycles. The van der Waals surface area contributed by atoms with Crippen molar-refractivity contribution in [1.29, 1.82) is 0 Å². The van der Waals surface area contributed by atoms with Crippen molar-refractivity contribution in [3.8, 4) is 0 Å². The highest BCUT2D eigenvalue weighted by atomic mass is 16.2. The van der Waals surface area contributed by atoms with Gasteiger partial charge in [-0.15, -0.1) is 0 Å². The fraction of sp³-hybridized carbons (Fsp3) is 0.500. The Morgan fingerprint density at radius 1 is 1.39 bits per heavy atom. The molecule has 1 aliphatic heterocycles. The lowest BCUT2D eigenvalue weighted by Crippen LogP contribution is -2.33. The van der Waals surface area contributed by atoms with Crippen LogP contribution in [0.25, 0.3) is 0 Å². The molecule has 4 nitrogen and oxygen atoms in total. The van der Waals surface area contributed by atoms with Crippen molar-refractivity contribution in [2.45, 2.75) is 32.2 Å². The van der Waals surface area contributed by atoms with E-state index in [1.54, 1.807) is 4.90 Å². The van der Waals surface area contributed by atoms with E-state index in [1.165, 1.54) is 5.56 Å². The quantitative estimate of drug-likeness (QED) is 0.837. The van der Waals surface area contributed by atoms with E-state index in [-0.39, 0.29) is 17.5 Å². The van der Waals surface area contributed by atoms with Crippen LogP contribution >= 0.6 is 0 Å². The molecule has 1 aromatic rings. The maximum absolute atomic E-state index is 12.0. The van der Waals surface area contributed by atoms with Crippen LogP contribution in [0.1, 0.15) is 26.3 Å². The van der Waals surface area contributed by atoms with Gasteiger partial charge in [-0.05, 0) is 17.0 Å². The largest absolute Gasteiger partial charge is 0.332 e. The molecule has 4 heteroatoms. The third-order valence-corrected chi connectivity index (χ3v) is 3.26. The predicted octanol–water partition coefficient (Wildman–Crippen LogP) is 1.84. The Labute approximate surface area is 108 Å². The van der Waals surface area contributed by atoms with Crippen molar-refractivity contribution < 1.29 is 4.79 Å². The van der Waals surface area contributed by atoms with E-state index in [1.807, 2.05) is 18.2 Å². The minimum absolute atomic E-state index is 0.0116. The van der Waals surface area contributed by atoms with Gasteiger partial charge in [-0.2, -0.15) is 0 Å². The minimum atomic E-state index is -0.0536. The molecule has 1 unspecified atom stereocenters. The number of hydrogen-bond donors (Lipinski definition) is 2. The van der Waals surface area contributed by atoms with E-state index in [0.717, 1.165) is 5.69 Å². The van der Waals surface area contributed by atoms with Gasteiger partial charge < -0.3 is 11.1 Å². The molecule has 0 radical (unpaired) electrons. The second-order valence-corrected chi connectivity index (χ2v) is 5.76. The zero-order valence-corrected chi connectivity index (χ0v) is 11.2. The van der Waals surface area contributed by atoms with E-state index in [0.29, 0.717) is 13.1 Å². The third-order valence-electron chi connectivity index (χ3n) is 3.26. The number of carbonyl (C=O) groups excluding carboxylic acids is 1. The first-order chi connectivity index (χ1) is 8.43. The smallest absolute Gasteiger partial charge is 0.322 e. The highest BCUT2D eigenvalue weighted by molar-refractivity contribution is 5.95. The third kappa shape index (κ3) is 2.34. The number of hydrogen-bond acceptors (Lipinski definition) is 2. The van der Waals surface area contributed by atoms with Crippen LogP contribution < -0.4 is 16.0 Å². The maximum atomic E-state index is 12.0. The number of amides is 2. The van der Waals surface area contributed by atoms with Crippen LogP contribution in [0.3, 0.4) is 0 Å². The molecule has 1 atom stereocenters. The Hall–Kier alpha value is -1.55. The summed E-state index contributed by atoms with van der Waals surface area (Å²) in [7, 11) is 0. The van der Waals surface area contributed by atoms with Gasteiger partial charge in [0.1, 0.15) is 0 Å². The average Bonchev–Trinajstić information content (AvgIpc) is 2.69. The first kappa shape index (κ1) is 12.9. The van der Waals surface area contributed by atoms with Crippen LogP contribution in [0, 0.1) is 0 Å². The summed E-state index contributed by atoms with van der Waals surface area (Å²) in [6.45, 7) is 7.57. The lowest BCUT2D eigenvalue weighted by molar-refractivity contribution is 0.251. The van der Waals surface area contributed by atoms with E-state index in [4.69, 9.17) is 5.73 Å². The Kier molecular flexibility index (Phi) is 3.30. The van der Waals surface area contributed by atoms with Gasteiger partial charge in [0.2, 0.25) is 0 Å². The topological polar surface area (TPSA) is 58.4 Å². The lowest BCUT2D eigenvalue weighted by atomic mass is 9.85. The second kappa shape index (κ2) is 4.61. The van der Waals surface area contributed by atoms with Crippen LogP contribution in [0.2, 0.25) is 0 Å². The number of nitrogens with one attached hydrogen (secondary N) is 1. The van der Waals surface area contributed by atoms with Crippen LogP contribution in [0.15, 0.2) is 24.3 Å². The molecule has 1 heterocycles. The molecule has 2 rings (SSSR count). The van der Waals surface area contributed by atoms with Gasteiger partial charge >= 0.3 is 6.03 Å². The summed E-state index contributed by atoms with van der Waals surface area (Å²) in [5, 5.41) is 2.89. The van der Waals surface area contributed by atoms with Crippen LogP contribution in [-0.2, 0) is 5.41 Å². The molecular weight excluding hydrogens is 226 g/mol. The summed E-state index contributed by atoms with van der Waals surface area (Å²) in [6.07, 6.45) is 0. The summed E-state index contributed by atoms with van der Waals surface area (Å²) >= 11 is 0. The second-order valence-electron chi connectivity index (χ2n) is 5.76. The van der Waals surface area contributed by atoms with Gasteiger partial charge in [-0.1, -0.05) is 39.0 Å². The number of rotatable bonds is 2. The van der Waals surface area contributed by atoms with Gasteiger partial charge in [0.25, 0.3) is 0 Å². The Bertz CT molecular complexity index is 451. The van der Waals surface area contributed by atoms with Crippen molar-refractivity contribution in [1.82, 2.24) is 5.32 Å². The van der Waals surface area contributed by atoms with Crippen molar-refractivity contribution in [3.05, 3.63) is 29.8 Å². The molecule has 0 aliphatic carbocycles. The SMILES string of the molecule is CC(C)(C)c1ccccc1N1CC(CN)NC1=O. The number of benzene rings is 1. The molecule has 1 fully saturated rings. The summed E-state index contributed by atoms with van der Waals surface area (Å²) < 4.78 is 0. The van der Waals surface area contributed by atoms with Gasteiger partial charge in [-0.25, -0.2) is 4.79 Å². The minimum Gasteiger partial charge on any atom is -0.332 e. The standard InChI is InChI=1S/C14H21N3O/c1-14(2,3)11-6-4-5-7-12(11)17-9-10(8-15)16-13(17)18/h4-7,10H,8-9,15H2,1-3H3,(H,16,18). The molecule has 3 N–H and O–H groups in total. The fourth-order valence-electron chi connectivity index (χ4n) is 2.29. The molecular formula is C14H21N3O. The van der Waals surface area contributed by atoms with Gasteiger partial charge in [0, 0.05) is 18.8 Å². The molecule has 0 saturated carbocycles. The molecule has 1 aromatic carbocycles. The lowest BCUT2D eigenvalue weighted by Gasteiger charge is -2.26. The summed E-state index contributed by atoms with van der Waals surface area (Å²) in [5.41, 5.74) is 7.79. The highest BCUT2D eigenvalue weighted by Crippen LogP contribution is 2.32. The molecule has 0 spiro atoms. The maximum Gasteiger partial charge on any atom is 0.322 e. The fourth-order valence-corrected chi connectivity index (χ4v) is 2.29. The Balaban J connectivity index is 2.37. The summed E-state index contributed by atoms with van der Waals surface area (Å²) in [5.74, 6) is 0. The highest BCUT2D eigenvalue weighted by Gasteiger charge is 2.31. The van der Waals surface area contributed by atoms with Crippen molar-refractivity contribution >= 4 is 11.7 Å². The number of para-hydroxylation sites is 1. The van der Waals surface area contributed by atoms with E-state index in [9.17, 15) is 4.79 Å². The molecule has 1 aliphatic rings. The monoisotopic (exact) mass is 247 g/mol. The first-order valence-electron chi connectivity index (χ1n) is 6.31. The van der Waals surface area contributed by atoms with Crippen molar-refractivity contribution in [2.75, 3.05) is 18.0 Å². The van der Waals surface area contributed by atoms with Crippen LogP contribution in [0.5, 0.6) is 0 Å². The zero-order chi connectivity index (χ0) is 13.3. The normalized spacial score (nSPS) is 20.1. The van der Waals surface area contributed by atoms with Crippen molar-refractivity contribution in [3.63, 3.8) is 0 Å². The number of nitrogens with zero attached hydrogens (tertiary/aromatic N) is 1. The number of urea groups is 1. The molecule has 2 amide bonds. The summed E-state index contributed by atoms with van der Waals surface area (Å²) in [4.78, 5) is 13.8. The van der Waals surface area contributed by atoms with Crippen LogP contribution in [-0.4, -0.2) is 25.2 Å². The molecule has 0 bridgehead atoms. The average molecular weight is 247 g/mol. The van der Waals surface area contributed by atoms with E-state index >= 15 is 0 Å². The van der Waals surface area contributed by atoms with Gasteiger partial charge in [0.05, 0.1) is 6.04 Å². The zero-order valence-electron chi connectivity index (χ0n) is 11.2. The Morgan fingerprint density at radius 3 is 2.61 bits per heavy atom. The van der Waals surface area contributed by atoms with Gasteiger partial charge in [0.15, 0.2) is 0 Å². The number of nitrogens with two attached hydrogens (primary N) is 1. The van der Waals surface area contributed by atoms with Gasteiger partial charge in [-0.3, -0.25) is 4.90 Å². The molecule has 98 valence electrons. The first-order valence-corrected chi connectivity index (χ1v) is 6.31. The molecule has 18 heavy (non-hydrogen) atoms. The number of carbonyl (C=O) groups is 1.